The summed E-state index contributed by atoms with van der Waals surface area (Å²) in [5, 5.41) is 119. The fourth-order valence-electron chi connectivity index (χ4n) is 7.79. The summed E-state index contributed by atoms with van der Waals surface area (Å²) in [6.45, 7) is 1.31. The van der Waals surface area contributed by atoms with Gasteiger partial charge in [-0.15, -0.1) is 0 Å². The zero-order chi connectivity index (χ0) is 49.1. The first kappa shape index (κ1) is 58.8. The van der Waals surface area contributed by atoms with Gasteiger partial charge < -0.3 is 89.9 Å². The van der Waals surface area contributed by atoms with E-state index >= 15 is 0 Å². The molecule has 3 aliphatic heterocycles. The highest BCUT2D eigenvalue weighted by atomic mass is 16.8. The summed E-state index contributed by atoms with van der Waals surface area (Å²) in [5.74, 6) is -0.314. The van der Waals surface area contributed by atoms with Gasteiger partial charge in [0.25, 0.3) is 0 Å². The largest absolute Gasteiger partial charge is 0.394 e. The maximum absolute atomic E-state index is 13.1. The van der Waals surface area contributed by atoms with Crippen LogP contribution in [-0.4, -0.2) is 193 Å². The lowest BCUT2D eigenvalue weighted by Gasteiger charge is -2.48. The molecule has 0 aromatic heterocycles. The van der Waals surface area contributed by atoms with Crippen molar-refractivity contribution in [1.82, 2.24) is 5.32 Å². The first-order valence-corrected chi connectivity index (χ1v) is 24.0. The van der Waals surface area contributed by atoms with Crippen LogP contribution < -0.4 is 5.32 Å². The van der Waals surface area contributed by atoms with E-state index in [9.17, 15) is 61.0 Å². The number of aliphatic hydroxyl groups is 11. The molecule has 0 saturated carbocycles. The molecular formula is C48H81NO18. The quantitative estimate of drug-likeness (QED) is 0.0334. The van der Waals surface area contributed by atoms with Crippen molar-refractivity contribution in [2.75, 3.05) is 26.4 Å². The predicted octanol–water partition coefficient (Wildman–Crippen LogP) is 0.579. The third-order valence-electron chi connectivity index (χ3n) is 11.8. The van der Waals surface area contributed by atoms with Crippen molar-refractivity contribution >= 4 is 5.91 Å². The zero-order valence-electron chi connectivity index (χ0n) is 39.1. The van der Waals surface area contributed by atoms with Crippen LogP contribution in [0.3, 0.4) is 0 Å². The topological polar surface area (TPSA) is 307 Å². The van der Waals surface area contributed by atoms with Crippen LogP contribution in [0.15, 0.2) is 60.8 Å². The minimum Gasteiger partial charge on any atom is -0.394 e. The van der Waals surface area contributed by atoms with E-state index < -0.39 is 124 Å². The summed E-state index contributed by atoms with van der Waals surface area (Å²) in [6.07, 6.45) is 5.58. The molecule has 17 atom stereocenters. The van der Waals surface area contributed by atoms with Crippen LogP contribution in [0.25, 0.3) is 0 Å². The van der Waals surface area contributed by atoms with Crippen molar-refractivity contribution in [2.45, 2.75) is 208 Å². The van der Waals surface area contributed by atoms with Gasteiger partial charge in [-0.3, -0.25) is 4.79 Å². The van der Waals surface area contributed by atoms with E-state index in [1.807, 2.05) is 13.0 Å². The van der Waals surface area contributed by atoms with E-state index in [2.05, 4.69) is 54.8 Å². The Labute approximate surface area is 395 Å². The molecule has 19 heteroatoms. The van der Waals surface area contributed by atoms with Gasteiger partial charge in [0.1, 0.15) is 73.2 Å². The number of amides is 1. The van der Waals surface area contributed by atoms with Gasteiger partial charge in [0.05, 0.1) is 38.6 Å². The highest BCUT2D eigenvalue weighted by Crippen LogP contribution is 2.33. The second-order valence-electron chi connectivity index (χ2n) is 17.2. The van der Waals surface area contributed by atoms with E-state index in [1.165, 1.54) is 0 Å². The molecule has 19 nitrogen and oxygen atoms in total. The normalized spacial score (nSPS) is 34.0. The molecule has 386 valence electrons. The van der Waals surface area contributed by atoms with Gasteiger partial charge in [-0.25, -0.2) is 0 Å². The lowest BCUT2D eigenvalue weighted by Crippen LogP contribution is -2.66. The number of allylic oxidation sites excluding steroid dienone is 9. The molecule has 0 spiro atoms. The lowest BCUT2D eigenvalue weighted by atomic mass is 9.96. The molecule has 3 fully saturated rings. The molecule has 3 aliphatic rings. The fourth-order valence-corrected chi connectivity index (χ4v) is 7.79. The van der Waals surface area contributed by atoms with E-state index in [0.717, 1.165) is 70.6 Å². The Morgan fingerprint density at radius 1 is 0.567 bits per heavy atom. The molecule has 3 heterocycles. The molecule has 0 radical (unpaired) electrons. The molecule has 1 amide bonds. The molecule has 3 rings (SSSR count). The molecule has 0 bridgehead atoms. The first-order valence-electron chi connectivity index (χ1n) is 24.0. The zero-order valence-corrected chi connectivity index (χ0v) is 39.1. The number of carbonyl (C=O) groups excluding carboxylic acids is 1. The van der Waals surface area contributed by atoms with Crippen molar-refractivity contribution in [3.63, 3.8) is 0 Å². The van der Waals surface area contributed by atoms with Crippen LogP contribution in [-0.2, 0) is 33.2 Å². The van der Waals surface area contributed by atoms with Gasteiger partial charge in [0.2, 0.25) is 5.91 Å². The van der Waals surface area contributed by atoms with Gasteiger partial charge in [0, 0.05) is 6.42 Å². The fraction of sp³-hybridized carbons (Fsp3) is 0.771. The maximum Gasteiger partial charge on any atom is 0.220 e. The smallest absolute Gasteiger partial charge is 0.220 e. The van der Waals surface area contributed by atoms with Crippen molar-refractivity contribution in [2.24, 2.45) is 0 Å². The van der Waals surface area contributed by atoms with E-state index in [-0.39, 0.29) is 18.9 Å². The van der Waals surface area contributed by atoms with Gasteiger partial charge in [-0.05, 0) is 64.7 Å². The van der Waals surface area contributed by atoms with E-state index in [0.29, 0.717) is 12.8 Å². The van der Waals surface area contributed by atoms with E-state index in [4.69, 9.17) is 28.4 Å². The number of hydrogen-bond acceptors (Lipinski definition) is 18. The Balaban J connectivity index is 1.59. The van der Waals surface area contributed by atoms with Crippen LogP contribution in [0.1, 0.15) is 104 Å². The summed E-state index contributed by atoms with van der Waals surface area (Å²) in [4.78, 5) is 13.1. The second kappa shape index (κ2) is 33.1. The Morgan fingerprint density at radius 2 is 1.06 bits per heavy atom. The number of hydrogen-bond donors (Lipinski definition) is 12. The van der Waals surface area contributed by atoms with Gasteiger partial charge in [0.15, 0.2) is 18.9 Å². The average Bonchev–Trinajstić information content (AvgIpc) is 3.32. The van der Waals surface area contributed by atoms with Crippen LogP contribution >= 0.6 is 0 Å². The highest BCUT2D eigenvalue weighted by molar-refractivity contribution is 5.76. The third-order valence-corrected chi connectivity index (χ3v) is 11.8. The Hall–Kier alpha value is -2.51. The first-order chi connectivity index (χ1) is 32.3. The van der Waals surface area contributed by atoms with Crippen molar-refractivity contribution in [3.8, 4) is 0 Å². The molecule has 12 N–H and O–H groups in total. The van der Waals surface area contributed by atoms with Gasteiger partial charge >= 0.3 is 0 Å². The van der Waals surface area contributed by atoms with Crippen molar-refractivity contribution in [3.05, 3.63) is 60.8 Å². The van der Waals surface area contributed by atoms with Gasteiger partial charge in [-0.1, -0.05) is 93.4 Å². The average molecular weight is 960 g/mol. The number of carbonyl (C=O) groups is 1. The van der Waals surface area contributed by atoms with Crippen LogP contribution in [0.4, 0.5) is 0 Å². The number of ether oxygens (including phenoxy) is 6. The molecule has 17 unspecified atom stereocenters. The van der Waals surface area contributed by atoms with Crippen LogP contribution in [0, 0.1) is 0 Å². The molecule has 67 heavy (non-hydrogen) atoms. The molecule has 3 saturated heterocycles. The molecule has 0 aromatic carbocycles. The Bertz CT molecular complexity index is 1480. The molecular weight excluding hydrogens is 879 g/mol. The Morgan fingerprint density at radius 3 is 1.66 bits per heavy atom. The van der Waals surface area contributed by atoms with Crippen molar-refractivity contribution in [1.29, 1.82) is 0 Å². The monoisotopic (exact) mass is 960 g/mol. The summed E-state index contributed by atoms with van der Waals surface area (Å²) in [5.41, 5.74) is 0. The minimum atomic E-state index is -1.98. The number of aliphatic hydroxyl groups excluding tert-OH is 11. The number of rotatable bonds is 31. The lowest BCUT2D eigenvalue weighted by molar-refractivity contribution is -0.379. The van der Waals surface area contributed by atoms with E-state index in [1.54, 1.807) is 12.2 Å². The summed E-state index contributed by atoms with van der Waals surface area (Å²) in [6, 6.07) is -1.00. The highest BCUT2D eigenvalue weighted by Gasteiger charge is 2.53. The van der Waals surface area contributed by atoms with Gasteiger partial charge in [-0.2, -0.15) is 0 Å². The van der Waals surface area contributed by atoms with Crippen LogP contribution in [0.5, 0.6) is 0 Å². The summed E-state index contributed by atoms with van der Waals surface area (Å²) >= 11 is 0. The SMILES string of the molecule is C/C=C/CC/C=C/CC/C=C/C(O)C(COC1OC(CO)C(OC2OC(CO)C(OC3OC(CO)C(O)C(O)C3O)C(O)C2O)C(O)C1O)NC(=O)CCCCCCC/C=C\C/C=C\CCC. The summed E-state index contributed by atoms with van der Waals surface area (Å²) < 4.78 is 34.0. The molecule has 0 aliphatic carbocycles. The molecule has 0 aromatic rings. The third kappa shape index (κ3) is 19.7. The maximum atomic E-state index is 13.1. The minimum absolute atomic E-state index is 0.212. The Kier molecular flexibility index (Phi) is 29.1. The standard InChI is InChI=1S/C48H81NO18/c1-3-5-7-9-11-13-14-15-16-18-20-22-24-26-36(54)49-31(32(53)25-23-21-19-17-12-10-8-6-4-2)30-62-46-42(60)39(57)44(34(28-51)64-46)67-48-43(61)40(58)45(35(29-52)65-48)66-47-41(59)38(56)37(55)33(27-50)63-47/h4,6-7,9,12-14,17,23,25,31-35,37-48,50-53,55-61H,3,5,8,10-11,15-16,18-22,24,26-30H2,1-2H3,(H,49,54)/b6-4+,9-7-,14-13-,17-12+,25-23+. The second-order valence-corrected chi connectivity index (χ2v) is 17.2. The van der Waals surface area contributed by atoms with Crippen LogP contribution in [0.2, 0.25) is 0 Å². The van der Waals surface area contributed by atoms with Crippen molar-refractivity contribution < 1.29 is 89.4 Å². The number of unbranched alkanes of at least 4 members (excludes halogenated alkanes) is 8. The summed E-state index contributed by atoms with van der Waals surface area (Å²) in [7, 11) is 0. The predicted molar refractivity (Wildman–Crippen MR) is 245 cm³/mol. The number of nitrogens with one attached hydrogen (secondary N) is 1.